The fourth-order valence-electron chi connectivity index (χ4n) is 2.23. The molecule has 2 rings (SSSR count). The molecular weight excluding hydrogens is 248 g/mol. The van der Waals surface area contributed by atoms with Gasteiger partial charge in [-0.1, -0.05) is 36.4 Å². The van der Waals surface area contributed by atoms with Crippen molar-refractivity contribution in [2.75, 3.05) is 24.6 Å². The highest BCUT2D eigenvalue weighted by Gasteiger charge is 2.09. The maximum absolute atomic E-state index is 6.01. The van der Waals surface area contributed by atoms with Crippen LogP contribution in [0.2, 0.25) is 0 Å². The summed E-state index contributed by atoms with van der Waals surface area (Å²) >= 11 is 0. The van der Waals surface area contributed by atoms with E-state index < -0.39 is 0 Å². The second kappa shape index (κ2) is 6.93. The van der Waals surface area contributed by atoms with Crippen molar-refractivity contribution < 1.29 is 0 Å². The molecule has 0 aliphatic heterocycles. The van der Waals surface area contributed by atoms with Crippen molar-refractivity contribution in [3.63, 3.8) is 0 Å². The van der Waals surface area contributed by atoms with Gasteiger partial charge in [-0.15, -0.1) is 0 Å². The van der Waals surface area contributed by atoms with E-state index in [4.69, 9.17) is 17.2 Å². The van der Waals surface area contributed by atoms with Gasteiger partial charge in [0.15, 0.2) is 0 Å². The Balaban J connectivity index is 2.12. The molecule has 0 saturated carbocycles. The van der Waals surface area contributed by atoms with Gasteiger partial charge in [-0.3, -0.25) is 4.90 Å². The van der Waals surface area contributed by atoms with Gasteiger partial charge < -0.3 is 17.2 Å². The first-order valence-corrected chi connectivity index (χ1v) is 6.80. The van der Waals surface area contributed by atoms with Crippen LogP contribution < -0.4 is 17.2 Å². The Morgan fingerprint density at radius 2 is 1.20 bits per heavy atom. The van der Waals surface area contributed by atoms with E-state index in [0.717, 1.165) is 42.1 Å². The molecule has 0 fully saturated rings. The summed E-state index contributed by atoms with van der Waals surface area (Å²) in [7, 11) is 0. The lowest BCUT2D eigenvalue weighted by Crippen LogP contribution is -2.29. The van der Waals surface area contributed by atoms with E-state index in [0.29, 0.717) is 6.54 Å². The Morgan fingerprint density at radius 3 is 1.60 bits per heavy atom. The predicted octanol–water partition coefficient (Wildman–Crippen LogP) is 1.81. The van der Waals surface area contributed by atoms with Crippen molar-refractivity contribution >= 4 is 11.4 Å². The fourth-order valence-corrected chi connectivity index (χ4v) is 2.23. The van der Waals surface area contributed by atoms with Crippen LogP contribution in [-0.4, -0.2) is 18.0 Å². The Morgan fingerprint density at radius 1 is 0.750 bits per heavy atom. The number of rotatable bonds is 6. The van der Waals surface area contributed by atoms with Crippen LogP contribution in [0.3, 0.4) is 0 Å². The van der Waals surface area contributed by atoms with Gasteiger partial charge in [-0.2, -0.15) is 0 Å². The minimum atomic E-state index is 0.611. The SMILES string of the molecule is NCCN(Cc1ccccc1N)Cc1ccccc1N. The van der Waals surface area contributed by atoms with Gasteiger partial charge >= 0.3 is 0 Å². The molecule has 0 atom stereocenters. The molecule has 4 nitrogen and oxygen atoms in total. The van der Waals surface area contributed by atoms with Crippen molar-refractivity contribution in [2.24, 2.45) is 5.73 Å². The zero-order valence-corrected chi connectivity index (χ0v) is 11.6. The van der Waals surface area contributed by atoms with E-state index >= 15 is 0 Å². The summed E-state index contributed by atoms with van der Waals surface area (Å²) < 4.78 is 0. The van der Waals surface area contributed by atoms with E-state index in [1.807, 2.05) is 48.5 Å². The first kappa shape index (κ1) is 14.4. The lowest BCUT2D eigenvalue weighted by Gasteiger charge is -2.23. The molecule has 0 aromatic heterocycles. The molecule has 0 heterocycles. The van der Waals surface area contributed by atoms with Gasteiger partial charge in [0, 0.05) is 37.6 Å². The van der Waals surface area contributed by atoms with Crippen LogP contribution in [0.4, 0.5) is 11.4 Å². The summed E-state index contributed by atoms with van der Waals surface area (Å²) in [5, 5.41) is 0. The lowest BCUT2D eigenvalue weighted by atomic mass is 10.1. The molecule has 106 valence electrons. The smallest absolute Gasteiger partial charge is 0.0359 e. The van der Waals surface area contributed by atoms with Crippen molar-refractivity contribution in [3.8, 4) is 0 Å². The first-order valence-electron chi connectivity index (χ1n) is 6.80. The normalized spacial score (nSPS) is 10.9. The van der Waals surface area contributed by atoms with Gasteiger partial charge in [0.05, 0.1) is 0 Å². The van der Waals surface area contributed by atoms with E-state index in [2.05, 4.69) is 4.90 Å². The van der Waals surface area contributed by atoms with E-state index in [1.165, 1.54) is 0 Å². The fraction of sp³-hybridized carbons (Fsp3) is 0.250. The number of hydrogen-bond acceptors (Lipinski definition) is 4. The quantitative estimate of drug-likeness (QED) is 0.699. The molecule has 4 heteroatoms. The van der Waals surface area contributed by atoms with Crippen LogP contribution >= 0.6 is 0 Å². The molecule has 2 aromatic carbocycles. The predicted molar refractivity (Wildman–Crippen MR) is 84.9 cm³/mol. The Hall–Kier alpha value is -2.04. The van der Waals surface area contributed by atoms with Crippen LogP contribution in [0.25, 0.3) is 0 Å². The summed E-state index contributed by atoms with van der Waals surface area (Å²) in [5.74, 6) is 0. The minimum Gasteiger partial charge on any atom is -0.398 e. The highest BCUT2D eigenvalue weighted by molar-refractivity contribution is 5.47. The third-order valence-corrected chi connectivity index (χ3v) is 3.34. The average Bonchev–Trinajstić information content (AvgIpc) is 2.44. The largest absolute Gasteiger partial charge is 0.398 e. The monoisotopic (exact) mass is 270 g/mol. The minimum absolute atomic E-state index is 0.611. The maximum atomic E-state index is 6.01. The number of nitrogens with two attached hydrogens (primary N) is 3. The van der Waals surface area contributed by atoms with Crippen molar-refractivity contribution in [1.29, 1.82) is 0 Å². The summed E-state index contributed by atoms with van der Waals surface area (Å²) in [4.78, 5) is 2.26. The number of nitrogen functional groups attached to an aromatic ring is 2. The molecule has 2 aromatic rings. The van der Waals surface area contributed by atoms with Gasteiger partial charge in [0.1, 0.15) is 0 Å². The summed E-state index contributed by atoms with van der Waals surface area (Å²) in [6.45, 7) is 2.97. The summed E-state index contributed by atoms with van der Waals surface area (Å²) in [6.07, 6.45) is 0. The van der Waals surface area contributed by atoms with Crippen LogP contribution in [0.15, 0.2) is 48.5 Å². The van der Waals surface area contributed by atoms with Gasteiger partial charge in [0.2, 0.25) is 0 Å². The molecular formula is C16H22N4. The molecule has 0 amide bonds. The molecule has 0 spiro atoms. The van der Waals surface area contributed by atoms with Crippen molar-refractivity contribution in [1.82, 2.24) is 4.90 Å². The van der Waals surface area contributed by atoms with E-state index in [9.17, 15) is 0 Å². The van der Waals surface area contributed by atoms with Crippen LogP contribution in [-0.2, 0) is 13.1 Å². The highest BCUT2D eigenvalue weighted by atomic mass is 15.1. The summed E-state index contributed by atoms with van der Waals surface area (Å²) in [6, 6.07) is 15.8. The molecule has 0 unspecified atom stereocenters. The van der Waals surface area contributed by atoms with Gasteiger partial charge in [-0.05, 0) is 23.3 Å². The standard InChI is InChI=1S/C16H22N4/c17-9-10-20(11-13-5-1-3-7-15(13)18)12-14-6-2-4-8-16(14)19/h1-8H,9-12,17-19H2. The number of nitrogens with zero attached hydrogens (tertiary/aromatic N) is 1. The second-order valence-electron chi connectivity index (χ2n) is 4.90. The van der Waals surface area contributed by atoms with E-state index in [1.54, 1.807) is 0 Å². The van der Waals surface area contributed by atoms with Crippen LogP contribution in [0.5, 0.6) is 0 Å². The first-order chi connectivity index (χ1) is 9.70. The Kier molecular flexibility index (Phi) is 4.98. The number of para-hydroxylation sites is 2. The average molecular weight is 270 g/mol. The Bertz CT molecular complexity index is 506. The molecule has 6 N–H and O–H groups in total. The van der Waals surface area contributed by atoms with Crippen LogP contribution in [0.1, 0.15) is 11.1 Å². The van der Waals surface area contributed by atoms with Crippen molar-refractivity contribution in [2.45, 2.75) is 13.1 Å². The molecule has 20 heavy (non-hydrogen) atoms. The zero-order chi connectivity index (χ0) is 14.4. The van der Waals surface area contributed by atoms with Gasteiger partial charge in [0.25, 0.3) is 0 Å². The van der Waals surface area contributed by atoms with Crippen LogP contribution in [0, 0.1) is 0 Å². The number of benzene rings is 2. The highest BCUT2D eigenvalue weighted by Crippen LogP contribution is 2.17. The molecule has 0 saturated heterocycles. The van der Waals surface area contributed by atoms with E-state index in [-0.39, 0.29) is 0 Å². The maximum Gasteiger partial charge on any atom is 0.0359 e. The third-order valence-electron chi connectivity index (χ3n) is 3.34. The number of hydrogen-bond donors (Lipinski definition) is 3. The summed E-state index contributed by atoms with van der Waals surface area (Å²) in [5.41, 5.74) is 21.6. The molecule has 0 radical (unpaired) electrons. The van der Waals surface area contributed by atoms with Crippen molar-refractivity contribution in [3.05, 3.63) is 59.7 Å². The number of anilines is 2. The van der Waals surface area contributed by atoms with Gasteiger partial charge in [-0.25, -0.2) is 0 Å². The third kappa shape index (κ3) is 3.73. The second-order valence-corrected chi connectivity index (χ2v) is 4.90. The molecule has 0 aliphatic rings. The topological polar surface area (TPSA) is 81.3 Å². The molecule has 0 bridgehead atoms. The Labute approximate surface area is 120 Å². The zero-order valence-electron chi connectivity index (χ0n) is 11.6. The lowest BCUT2D eigenvalue weighted by molar-refractivity contribution is 0.265. The molecule has 0 aliphatic carbocycles.